The monoisotopic (exact) mass is 459 g/mol. The van der Waals surface area contributed by atoms with Crippen LogP contribution in [-0.4, -0.2) is 22.6 Å². The second kappa shape index (κ2) is 9.24. The van der Waals surface area contributed by atoms with Gasteiger partial charge in [-0.05, 0) is 67.3 Å². The average molecular weight is 460 g/mol. The molecule has 0 spiro atoms. The van der Waals surface area contributed by atoms with Gasteiger partial charge in [0.25, 0.3) is 5.91 Å². The number of thiazole rings is 1. The predicted molar refractivity (Wildman–Crippen MR) is 138 cm³/mol. The number of hydrogen-bond acceptors (Lipinski definition) is 4. The molecule has 6 heteroatoms. The van der Waals surface area contributed by atoms with Crippen LogP contribution in [0.4, 0.5) is 5.13 Å². The van der Waals surface area contributed by atoms with Gasteiger partial charge in [-0.1, -0.05) is 26.0 Å². The van der Waals surface area contributed by atoms with Crippen molar-refractivity contribution in [1.29, 1.82) is 0 Å². The number of aryl methyl sites for hydroxylation is 2. The van der Waals surface area contributed by atoms with Gasteiger partial charge in [0, 0.05) is 27.9 Å². The molecule has 0 fully saturated rings. The van der Waals surface area contributed by atoms with E-state index < -0.39 is 0 Å². The lowest BCUT2D eigenvalue weighted by Crippen LogP contribution is -2.18. The smallest absolute Gasteiger partial charge is 0.274 e. The summed E-state index contributed by atoms with van der Waals surface area (Å²) in [5, 5.41) is 4.72. The van der Waals surface area contributed by atoms with Crippen molar-refractivity contribution >= 4 is 33.3 Å². The van der Waals surface area contributed by atoms with Gasteiger partial charge in [-0.15, -0.1) is 17.9 Å². The number of nitrogens with zero attached hydrogens (tertiary/aromatic N) is 2. The molecule has 4 aromatic rings. The molecule has 0 saturated heterocycles. The number of carbonyl (C=O) groups excluding carboxylic acids is 1. The lowest BCUT2D eigenvalue weighted by Gasteiger charge is -2.09. The van der Waals surface area contributed by atoms with E-state index in [0.29, 0.717) is 23.3 Å². The third-order valence-corrected chi connectivity index (χ3v) is 6.80. The molecule has 0 atom stereocenters. The summed E-state index contributed by atoms with van der Waals surface area (Å²) in [7, 11) is 1.65. The lowest BCUT2D eigenvalue weighted by molar-refractivity contribution is 0.101. The van der Waals surface area contributed by atoms with Crippen molar-refractivity contribution in [2.45, 2.75) is 40.2 Å². The van der Waals surface area contributed by atoms with E-state index in [2.05, 4.69) is 43.9 Å². The van der Waals surface area contributed by atoms with Gasteiger partial charge in [0.05, 0.1) is 12.8 Å². The normalized spacial score (nSPS) is 11.2. The highest BCUT2D eigenvalue weighted by Crippen LogP contribution is 2.33. The lowest BCUT2D eigenvalue weighted by atomic mass is 10.0. The standard InChI is InChI=1S/C27H29N3O2S/c1-7-14-30-23-13-10-20(16(2)3)15-22(23)17(4)25(30)26(31)29-27-28-24(18(5)33-27)19-8-11-21(32-6)12-9-19/h7-13,15-16H,1,14H2,2-6H3,(H,28,29,31). The van der Waals surface area contributed by atoms with Crippen LogP contribution < -0.4 is 10.1 Å². The average Bonchev–Trinajstić information content (AvgIpc) is 3.30. The first-order chi connectivity index (χ1) is 15.8. The van der Waals surface area contributed by atoms with Crippen molar-refractivity contribution in [3.63, 3.8) is 0 Å². The SMILES string of the molecule is C=CCn1c(C(=O)Nc2nc(-c3ccc(OC)cc3)c(C)s2)c(C)c2cc(C(C)C)ccc21. The van der Waals surface area contributed by atoms with E-state index in [1.54, 1.807) is 7.11 Å². The number of anilines is 1. The molecular weight excluding hydrogens is 430 g/mol. The Morgan fingerprint density at radius 1 is 1.21 bits per heavy atom. The predicted octanol–water partition coefficient (Wildman–Crippen LogP) is 6.95. The topological polar surface area (TPSA) is 56.2 Å². The number of hydrogen-bond donors (Lipinski definition) is 1. The fraction of sp³-hybridized carbons (Fsp3) is 0.259. The Balaban J connectivity index is 1.70. The number of fused-ring (bicyclic) bond motifs is 1. The number of allylic oxidation sites excluding steroid dienone is 1. The zero-order valence-corrected chi connectivity index (χ0v) is 20.5. The van der Waals surface area contributed by atoms with Gasteiger partial charge >= 0.3 is 0 Å². The zero-order valence-electron chi connectivity index (χ0n) is 19.7. The highest BCUT2D eigenvalue weighted by molar-refractivity contribution is 7.16. The number of aromatic nitrogens is 2. The Labute approximate surface area is 198 Å². The molecule has 5 nitrogen and oxygen atoms in total. The fourth-order valence-electron chi connectivity index (χ4n) is 4.13. The number of carbonyl (C=O) groups is 1. The second-order valence-electron chi connectivity index (χ2n) is 8.41. The number of benzene rings is 2. The second-order valence-corrected chi connectivity index (χ2v) is 9.61. The van der Waals surface area contributed by atoms with E-state index in [1.807, 2.05) is 48.8 Å². The molecule has 0 saturated carbocycles. The largest absolute Gasteiger partial charge is 0.497 e. The van der Waals surface area contributed by atoms with Gasteiger partial charge < -0.3 is 9.30 Å². The van der Waals surface area contributed by atoms with Gasteiger partial charge in [0.2, 0.25) is 0 Å². The summed E-state index contributed by atoms with van der Waals surface area (Å²) in [5.41, 5.74) is 5.76. The van der Waals surface area contributed by atoms with Gasteiger partial charge in [0.1, 0.15) is 11.4 Å². The number of rotatable bonds is 7. The minimum absolute atomic E-state index is 0.160. The van der Waals surface area contributed by atoms with Crippen LogP contribution in [0.2, 0.25) is 0 Å². The van der Waals surface area contributed by atoms with Crippen molar-refractivity contribution in [1.82, 2.24) is 9.55 Å². The van der Waals surface area contributed by atoms with E-state index in [9.17, 15) is 4.79 Å². The molecule has 33 heavy (non-hydrogen) atoms. The quantitative estimate of drug-likeness (QED) is 0.304. The minimum Gasteiger partial charge on any atom is -0.497 e. The van der Waals surface area contributed by atoms with Crippen molar-refractivity contribution < 1.29 is 9.53 Å². The molecule has 2 aromatic carbocycles. The summed E-state index contributed by atoms with van der Waals surface area (Å²) < 4.78 is 7.28. The van der Waals surface area contributed by atoms with E-state index in [-0.39, 0.29) is 5.91 Å². The highest BCUT2D eigenvalue weighted by atomic mass is 32.1. The molecule has 1 amide bonds. The summed E-state index contributed by atoms with van der Waals surface area (Å²) in [6.07, 6.45) is 1.82. The van der Waals surface area contributed by atoms with Crippen LogP contribution in [0.5, 0.6) is 5.75 Å². The van der Waals surface area contributed by atoms with Gasteiger partial charge in [-0.25, -0.2) is 4.98 Å². The van der Waals surface area contributed by atoms with E-state index in [1.165, 1.54) is 16.9 Å². The van der Waals surface area contributed by atoms with Crippen LogP contribution in [0.15, 0.2) is 55.1 Å². The first-order valence-corrected chi connectivity index (χ1v) is 11.8. The number of amides is 1. The van der Waals surface area contributed by atoms with Crippen LogP contribution in [0, 0.1) is 13.8 Å². The Kier molecular flexibility index (Phi) is 6.38. The molecule has 4 rings (SSSR count). The molecular formula is C27H29N3O2S. The summed E-state index contributed by atoms with van der Waals surface area (Å²) >= 11 is 1.48. The number of nitrogens with one attached hydrogen (secondary N) is 1. The number of ether oxygens (including phenoxy) is 1. The maximum atomic E-state index is 13.4. The molecule has 170 valence electrons. The van der Waals surface area contributed by atoms with E-state index >= 15 is 0 Å². The van der Waals surface area contributed by atoms with Crippen molar-refractivity contribution in [3.05, 3.63) is 76.8 Å². The van der Waals surface area contributed by atoms with Gasteiger partial charge in [-0.2, -0.15) is 0 Å². The van der Waals surface area contributed by atoms with Crippen molar-refractivity contribution in [3.8, 4) is 17.0 Å². The molecule has 0 aliphatic carbocycles. The van der Waals surface area contributed by atoms with E-state index in [4.69, 9.17) is 9.72 Å². The Bertz CT molecular complexity index is 1330. The fourth-order valence-corrected chi connectivity index (χ4v) is 4.96. The van der Waals surface area contributed by atoms with Crippen molar-refractivity contribution in [2.75, 3.05) is 12.4 Å². The van der Waals surface area contributed by atoms with Crippen molar-refractivity contribution in [2.24, 2.45) is 0 Å². The summed E-state index contributed by atoms with van der Waals surface area (Å²) in [5.74, 6) is 1.06. The Morgan fingerprint density at radius 3 is 2.58 bits per heavy atom. The van der Waals surface area contributed by atoms with Crippen LogP contribution in [0.1, 0.15) is 46.3 Å². The molecule has 0 radical (unpaired) electrons. The maximum Gasteiger partial charge on any atom is 0.274 e. The molecule has 0 bridgehead atoms. The molecule has 2 heterocycles. The summed E-state index contributed by atoms with van der Waals surface area (Å²) in [6, 6.07) is 14.2. The molecule has 0 unspecified atom stereocenters. The van der Waals surface area contributed by atoms with Gasteiger partial charge in [-0.3, -0.25) is 10.1 Å². The zero-order chi connectivity index (χ0) is 23.7. The maximum absolute atomic E-state index is 13.4. The molecule has 0 aliphatic heterocycles. The third kappa shape index (κ3) is 4.31. The van der Waals surface area contributed by atoms with E-state index in [0.717, 1.165) is 38.4 Å². The Hall–Kier alpha value is -3.38. The van der Waals surface area contributed by atoms with Crippen LogP contribution in [0.3, 0.4) is 0 Å². The molecule has 0 aliphatic rings. The van der Waals surface area contributed by atoms with Crippen LogP contribution >= 0.6 is 11.3 Å². The third-order valence-electron chi connectivity index (χ3n) is 5.91. The first kappa shape index (κ1) is 22.8. The Morgan fingerprint density at radius 2 is 1.94 bits per heavy atom. The van der Waals surface area contributed by atoms with Crippen LogP contribution in [0.25, 0.3) is 22.2 Å². The summed E-state index contributed by atoms with van der Waals surface area (Å²) in [6.45, 7) is 12.8. The highest BCUT2D eigenvalue weighted by Gasteiger charge is 2.22. The summed E-state index contributed by atoms with van der Waals surface area (Å²) in [4.78, 5) is 19.2. The van der Waals surface area contributed by atoms with Crippen LogP contribution in [-0.2, 0) is 6.54 Å². The van der Waals surface area contributed by atoms with Gasteiger partial charge in [0.15, 0.2) is 5.13 Å². The molecule has 2 aromatic heterocycles. The first-order valence-electron chi connectivity index (χ1n) is 11.0. The minimum atomic E-state index is -0.160. The molecule has 1 N–H and O–H groups in total. The number of methoxy groups -OCH3 is 1.